The lowest BCUT2D eigenvalue weighted by Gasteiger charge is -2.10. The fourth-order valence-corrected chi connectivity index (χ4v) is 1.98. The van der Waals surface area contributed by atoms with Crippen molar-refractivity contribution in [2.45, 2.75) is 6.61 Å². The summed E-state index contributed by atoms with van der Waals surface area (Å²) in [6, 6.07) is 9.73. The number of rotatable bonds is 3. The summed E-state index contributed by atoms with van der Waals surface area (Å²) < 4.78 is 19.9. The van der Waals surface area contributed by atoms with Crippen molar-refractivity contribution in [3.05, 3.63) is 57.3 Å². The Morgan fingerprint density at radius 2 is 2.00 bits per heavy atom. The summed E-state index contributed by atoms with van der Waals surface area (Å²) in [7, 11) is 0. The monoisotopic (exact) mass is 329 g/mol. The molecule has 94 valence electrons. The van der Waals surface area contributed by atoms with Gasteiger partial charge in [0.05, 0.1) is 5.69 Å². The first kappa shape index (κ1) is 13.2. The number of benzene rings is 2. The van der Waals surface area contributed by atoms with E-state index < -0.39 is 5.82 Å². The highest BCUT2D eigenvalue weighted by molar-refractivity contribution is 9.10. The topological polar surface area (TPSA) is 35.2 Å². The van der Waals surface area contributed by atoms with Crippen LogP contribution in [0.2, 0.25) is 5.02 Å². The normalized spacial score (nSPS) is 10.4. The average molecular weight is 331 g/mol. The van der Waals surface area contributed by atoms with Crippen molar-refractivity contribution in [2.24, 2.45) is 0 Å². The van der Waals surface area contributed by atoms with Gasteiger partial charge in [-0.1, -0.05) is 33.6 Å². The van der Waals surface area contributed by atoms with Gasteiger partial charge in [0.1, 0.15) is 18.2 Å². The lowest BCUT2D eigenvalue weighted by molar-refractivity contribution is 0.301. The molecule has 0 spiro atoms. The van der Waals surface area contributed by atoms with Gasteiger partial charge in [-0.2, -0.15) is 0 Å². The SMILES string of the molecule is Nc1cc(Br)ccc1OCc1ccc(Cl)cc1F. The molecule has 2 nitrogen and oxygen atoms in total. The molecular formula is C13H10BrClFNO. The molecule has 2 N–H and O–H groups in total. The second kappa shape index (κ2) is 5.59. The molecule has 0 heterocycles. The smallest absolute Gasteiger partial charge is 0.142 e. The van der Waals surface area contributed by atoms with Crippen LogP contribution in [-0.2, 0) is 6.61 Å². The van der Waals surface area contributed by atoms with Gasteiger partial charge in [0.25, 0.3) is 0 Å². The van der Waals surface area contributed by atoms with Gasteiger partial charge >= 0.3 is 0 Å². The fourth-order valence-electron chi connectivity index (χ4n) is 1.45. The van der Waals surface area contributed by atoms with Crippen LogP contribution in [0.3, 0.4) is 0 Å². The molecule has 0 unspecified atom stereocenters. The quantitative estimate of drug-likeness (QED) is 0.846. The molecule has 2 rings (SSSR count). The number of hydrogen-bond acceptors (Lipinski definition) is 2. The molecule has 0 radical (unpaired) electrons. The van der Waals surface area contributed by atoms with E-state index in [1.165, 1.54) is 6.07 Å². The first-order valence-corrected chi connectivity index (χ1v) is 6.35. The lowest BCUT2D eigenvalue weighted by Crippen LogP contribution is -2.00. The second-order valence-electron chi connectivity index (χ2n) is 3.71. The Morgan fingerprint density at radius 1 is 1.22 bits per heavy atom. The largest absolute Gasteiger partial charge is 0.487 e. The van der Waals surface area contributed by atoms with E-state index in [0.29, 0.717) is 22.0 Å². The number of ether oxygens (including phenoxy) is 1. The molecule has 0 aliphatic heterocycles. The van der Waals surface area contributed by atoms with Gasteiger partial charge in [-0.25, -0.2) is 4.39 Å². The molecule has 0 fully saturated rings. The van der Waals surface area contributed by atoms with E-state index in [-0.39, 0.29) is 6.61 Å². The number of nitrogens with two attached hydrogens (primary N) is 1. The van der Waals surface area contributed by atoms with Gasteiger partial charge in [0, 0.05) is 15.1 Å². The Labute approximate surface area is 118 Å². The molecule has 18 heavy (non-hydrogen) atoms. The standard InChI is InChI=1S/C13H10BrClFNO/c14-9-2-4-13(12(17)5-9)18-7-8-1-3-10(15)6-11(8)16/h1-6H,7,17H2. The van der Waals surface area contributed by atoms with Gasteiger partial charge in [0.15, 0.2) is 0 Å². The van der Waals surface area contributed by atoms with E-state index >= 15 is 0 Å². The summed E-state index contributed by atoms with van der Waals surface area (Å²) in [6.07, 6.45) is 0. The van der Waals surface area contributed by atoms with E-state index in [1.54, 1.807) is 24.3 Å². The van der Waals surface area contributed by atoms with E-state index in [4.69, 9.17) is 22.1 Å². The van der Waals surface area contributed by atoms with Crippen molar-refractivity contribution in [1.29, 1.82) is 0 Å². The van der Waals surface area contributed by atoms with Crippen LogP contribution in [-0.4, -0.2) is 0 Å². The van der Waals surface area contributed by atoms with E-state index in [1.807, 2.05) is 6.07 Å². The second-order valence-corrected chi connectivity index (χ2v) is 5.06. The minimum atomic E-state index is -0.391. The summed E-state index contributed by atoms with van der Waals surface area (Å²) in [5.74, 6) is 0.130. The lowest BCUT2D eigenvalue weighted by atomic mass is 10.2. The zero-order valence-electron chi connectivity index (χ0n) is 9.29. The van der Waals surface area contributed by atoms with Gasteiger partial charge in [-0.15, -0.1) is 0 Å². The summed E-state index contributed by atoms with van der Waals surface area (Å²) in [5.41, 5.74) is 6.71. The van der Waals surface area contributed by atoms with Crippen molar-refractivity contribution in [1.82, 2.24) is 0 Å². The van der Waals surface area contributed by atoms with Crippen molar-refractivity contribution < 1.29 is 9.13 Å². The fraction of sp³-hybridized carbons (Fsp3) is 0.0769. The third-order valence-corrected chi connectivity index (χ3v) is 3.10. The highest BCUT2D eigenvalue weighted by Crippen LogP contribution is 2.26. The third-order valence-electron chi connectivity index (χ3n) is 2.37. The van der Waals surface area contributed by atoms with E-state index in [0.717, 1.165) is 4.47 Å². The number of halogens is 3. The molecule has 0 saturated heterocycles. The number of anilines is 1. The van der Waals surface area contributed by atoms with Crippen molar-refractivity contribution in [3.8, 4) is 5.75 Å². The zero-order chi connectivity index (χ0) is 13.1. The van der Waals surface area contributed by atoms with Crippen LogP contribution >= 0.6 is 27.5 Å². The minimum absolute atomic E-state index is 0.106. The van der Waals surface area contributed by atoms with Crippen molar-refractivity contribution >= 4 is 33.2 Å². The molecule has 5 heteroatoms. The molecular weight excluding hydrogens is 321 g/mol. The average Bonchev–Trinajstić information content (AvgIpc) is 2.30. The van der Waals surface area contributed by atoms with Gasteiger partial charge in [-0.05, 0) is 30.3 Å². The van der Waals surface area contributed by atoms with Crippen LogP contribution < -0.4 is 10.5 Å². The van der Waals surface area contributed by atoms with Crippen LogP contribution in [0.4, 0.5) is 10.1 Å². The molecule has 0 bridgehead atoms. The highest BCUT2D eigenvalue weighted by Gasteiger charge is 2.06. The van der Waals surface area contributed by atoms with Gasteiger partial charge < -0.3 is 10.5 Å². The Kier molecular flexibility index (Phi) is 4.09. The molecule has 0 aromatic heterocycles. The summed E-state index contributed by atoms with van der Waals surface area (Å²) in [5, 5.41) is 0.361. The zero-order valence-corrected chi connectivity index (χ0v) is 11.6. The molecule has 2 aromatic rings. The maximum absolute atomic E-state index is 13.5. The molecule has 0 amide bonds. The van der Waals surface area contributed by atoms with Crippen LogP contribution in [0.1, 0.15) is 5.56 Å². The highest BCUT2D eigenvalue weighted by atomic mass is 79.9. The summed E-state index contributed by atoms with van der Waals surface area (Å²) >= 11 is 8.97. The van der Waals surface area contributed by atoms with Crippen LogP contribution in [0.15, 0.2) is 40.9 Å². The molecule has 2 aromatic carbocycles. The van der Waals surface area contributed by atoms with Crippen LogP contribution in [0.25, 0.3) is 0 Å². The Morgan fingerprint density at radius 3 is 2.67 bits per heavy atom. The molecule has 0 atom stereocenters. The Hall–Kier alpha value is -1.26. The van der Waals surface area contributed by atoms with Crippen LogP contribution in [0, 0.1) is 5.82 Å². The first-order chi connectivity index (χ1) is 8.56. The Balaban J connectivity index is 2.11. The Bertz CT molecular complexity index is 525. The predicted octanol–water partition coefficient (Wildman–Crippen LogP) is 4.40. The first-order valence-electron chi connectivity index (χ1n) is 5.18. The maximum Gasteiger partial charge on any atom is 0.142 e. The predicted molar refractivity (Wildman–Crippen MR) is 74.3 cm³/mol. The summed E-state index contributed by atoms with van der Waals surface area (Å²) in [6.45, 7) is 0.106. The molecule has 0 aliphatic carbocycles. The summed E-state index contributed by atoms with van der Waals surface area (Å²) in [4.78, 5) is 0. The number of nitrogen functional groups attached to an aromatic ring is 1. The van der Waals surface area contributed by atoms with E-state index in [9.17, 15) is 4.39 Å². The van der Waals surface area contributed by atoms with Crippen LogP contribution in [0.5, 0.6) is 5.75 Å². The molecule has 0 saturated carbocycles. The minimum Gasteiger partial charge on any atom is -0.487 e. The number of hydrogen-bond donors (Lipinski definition) is 1. The van der Waals surface area contributed by atoms with Gasteiger partial charge in [0.2, 0.25) is 0 Å². The molecule has 0 aliphatic rings. The van der Waals surface area contributed by atoms with Gasteiger partial charge in [-0.3, -0.25) is 0 Å². The third kappa shape index (κ3) is 3.15. The maximum atomic E-state index is 13.5. The van der Waals surface area contributed by atoms with Crippen molar-refractivity contribution in [2.75, 3.05) is 5.73 Å². The van der Waals surface area contributed by atoms with E-state index in [2.05, 4.69) is 15.9 Å². The van der Waals surface area contributed by atoms with Crippen molar-refractivity contribution in [3.63, 3.8) is 0 Å².